The van der Waals surface area contributed by atoms with Crippen molar-refractivity contribution in [3.63, 3.8) is 0 Å². The number of aryl methyl sites for hydroxylation is 2. The Labute approximate surface area is 396 Å². The number of aromatic hydroxyl groups is 2. The zero-order valence-corrected chi connectivity index (χ0v) is 39.6. The Hall–Kier alpha value is -4.82. The summed E-state index contributed by atoms with van der Waals surface area (Å²) in [6, 6.07) is 10.9. The molecule has 2 aliphatic rings. The van der Waals surface area contributed by atoms with Crippen LogP contribution in [0.1, 0.15) is 84.3 Å². The Balaban J connectivity index is 0.000000243. The van der Waals surface area contributed by atoms with Gasteiger partial charge in [0, 0.05) is 68.2 Å². The quantitative estimate of drug-likeness (QED) is 0.0636. The smallest absolute Gasteiger partial charge is 0.395 e. The summed E-state index contributed by atoms with van der Waals surface area (Å²) in [5.74, 6) is -3.88. The van der Waals surface area contributed by atoms with Gasteiger partial charge < -0.3 is 36.2 Å². The third-order valence-corrected chi connectivity index (χ3v) is 12.9. The van der Waals surface area contributed by atoms with Crippen LogP contribution in [0.5, 0.6) is 11.5 Å². The molecule has 2 aliphatic carbocycles. The number of aromatic nitrogens is 4. The number of halogens is 8. The molecule has 368 valence electrons. The standard InChI is InChI=1S/C23H28ClF3N4O2.C12H20N2O.C11H10ClF3N2O2/c1-14-8-18(32)5-4-15(14)9-17(31(2)3)13-28-20(33)10-19(21-29-11-16(24)12-30-21)22(6-7-22)23(25,26)27;1-9-6-12(15)5-4-10(9)7-11(8-13)14(2)3;12-6-4-16-9(17-5-6)7(3-8(18)19)10(1-2-10)11(13,14)15/h4-5,8,11-12,17,19,32H,6-7,9-10,13H2,1-3H3,(H,28,33);4-6,11,15H,7-8,13H2,1-3H3;4-5,7H,1-3H2,(H,18,19)/t17-,19?;11-;/m00./s1. The van der Waals surface area contributed by atoms with Crippen molar-refractivity contribution in [3.8, 4) is 11.5 Å². The number of hydrogen-bond donors (Lipinski definition) is 5. The van der Waals surface area contributed by atoms with Gasteiger partial charge in [-0.2, -0.15) is 26.3 Å². The Morgan fingerprint density at radius 2 is 1.07 bits per heavy atom. The monoisotopic (exact) mass is 986 g/mol. The SMILES string of the molecule is Cc1cc(O)ccc1C[C@@H](CN)N(C)C.Cc1cc(O)ccc1C[C@@H](CNC(=O)CC(c1ncc(Cl)cn1)C1(C(F)(F)F)CC1)N(C)C.O=C(O)CC(c1ncc(Cl)cn1)C1(C(F)(F)F)CC1. The first-order chi connectivity index (χ1) is 31.2. The van der Waals surface area contributed by atoms with Gasteiger partial charge in [0.2, 0.25) is 5.91 Å². The minimum absolute atomic E-state index is 0.0201. The van der Waals surface area contributed by atoms with Gasteiger partial charge in [-0.15, -0.1) is 0 Å². The third-order valence-electron chi connectivity index (χ3n) is 12.5. The van der Waals surface area contributed by atoms with Crippen molar-refractivity contribution in [2.45, 2.75) is 101 Å². The number of phenolic OH excluding ortho intramolecular Hbond substituents is 2. The van der Waals surface area contributed by atoms with Crippen LogP contribution in [0.15, 0.2) is 61.2 Å². The molecule has 0 bridgehead atoms. The van der Waals surface area contributed by atoms with Crippen molar-refractivity contribution in [2.75, 3.05) is 41.3 Å². The van der Waals surface area contributed by atoms with E-state index in [9.17, 15) is 46.1 Å². The van der Waals surface area contributed by atoms with Crippen LogP contribution in [0.4, 0.5) is 26.3 Å². The average molecular weight is 988 g/mol. The Morgan fingerprint density at radius 1 is 0.701 bits per heavy atom. The minimum Gasteiger partial charge on any atom is -0.508 e. The van der Waals surface area contributed by atoms with Crippen LogP contribution in [0.2, 0.25) is 10.0 Å². The van der Waals surface area contributed by atoms with Crippen molar-refractivity contribution in [2.24, 2.45) is 16.6 Å². The number of phenols is 2. The van der Waals surface area contributed by atoms with E-state index in [2.05, 4.69) is 30.2 Å². The zero-order chi connectivity index (χ0) is 50.1. The number of aliphatic carboxylic acids is 1. The van der Waals surface area contributed by atoms with Crippen LogP contribution < -0.4 is 11.1 Å². The Kier molecular flexibility index (Phi) is 18.8. The molecule has 2 aromatic heterocycles. The van der Waals surface area contributed by atoms with Gasteiger partial charge in [0.15, 0.2) is 0 Å². The number of nitrogens with one attached hydrogen (secondary N) is 1. The molecule has 2 heterocycles. The molecule has 4 aromatic rings. The fraction of sp³-hybridized carbons (Fsp3) is 0.522. The predicted octanol–water partition coefficient (Wildman–Crippen LogP) is 8.41. The van der Waals surface area contributed by atoms with E-state index in [1.165, 1.54) is 30.4 Å². The van der Waals surface area contributed by atoms with Gasteiger partial charge in [-0.25, -0.2) is 19.9 Å². The second-order valence-electron chi connectivity index (χ2n) is 17.6. The van der Waals surface area contributed by atoms with Crippen LogP contribution in [-0.2, 0) is 22.4 Å². The fourth-order valence-corrected chi connectivity index (χ4v) is 8.10. The summed E-state index contributed by atoms with van der Waals surface area (Å²) in [6.07, 6.45) is -3.85. The normalized spacial score (nSPS) is 16.7. The maximum atomic E-state index is 13.9. The highest BCUT2D eigenvalue weighted by Gasteiger charge is 2.69. The topological polar surface area (TPSA) is 191 Å². The molecule has 4 atom stereocenters. The number of likely N-dealkylation sites (N-methyl/N-ethyl adjacent to an activating group) is 2. The minimum atomic E-state index is -4.46. The van der Waals surface area contributed by atoms with E-state index in [0.717, 1.165) is 23.1 Å². The van der Waals surface area contributed by atoms with Crippen molar-refractivity contribution in [3.05, 3.63) is 105 Å². The lowest BCUT2D eigenvalue weighted by molar-refractivity contribution is -0.196. The number of rotatable bonds is 17. The summed E-state index contributed by atoms with van der Waals surface area (Å²) < 4.78 is 80.8. The van der Waals surface area contributed by atoms with E-state index < -0.39 is 53.3 Å². The van der Waals surface area contributed by atoms with Crippen LogP contribution in [0.25, 0.3) is 0 Å². The molecule has 6 rings (SSSR count). The van der Waals surface area contributed by atoms with Crippen LogP contribution in [-0.4, -0.2) is 123 Å². The lowest BCUT2D eigenvalue weighted by Crippen LogP contribution is -2.43. The molecular weight excluding hydrogens is 929 g/mol. The number of alkyl halides is 6. The highest BCUT2D eigenvalue weighted by Crippen LogP contribution is 2.66. The molecule has 0 saturated heterocycles. The van der Waals surface area contributed by atoms with Gasteiger partial charge in [0.1, 0.15) is 23.1 Å². The van der Waals surface area contributed by atoms with Gasteiger partial charge in [-0.05, 0) is 127 Å². The van der Waals surface area contributed by atoms with E-state index in [-0.39, 0.29) is 72.1 Å². The summed E-state index contributed by atoms with van der Waals surface area (Å²) in [4.78, 5) is 43.1. The number of carboxylic acid groups (broad SMARTS) is 1. The number of benzene rings is 2. The van der Waals surface area contributed by atoms with Crippen LogP contribution in [0, 0.1) is 24.7 Å². The van der Waals surface area contributed by atoms with Gasteiger partial charge in [0.05, 0.1) is 27.3 Å². The number of carboxylic acids is 1. The molecule has 0 radical (unpaired) electrons. The first-order valence-corrected chi connectivity index (χ1v) is 22.2. The van der Waals surface area contributed by atoms with Gasteiger partial charge >= 0.3 is 18.3 Å². The lowest BCUT2D eigenvalue weighted by atomic mass is 9.84. The summed E-state index contributed by atoms with van der Waals surface area (Å²) >= 11 is 11.4. The predicted molar refractivity (Wildman–Crippen MR) is 242 cm³/mol. The fourth-order valence-electron chi connectivity index (χ4n) is 7.90. The van der Waals surface area contributed by atoms with E-state index in [1.807, 2.05) is 59.1 Å². The van der Waals surface area contributed by atoms with Gasteiger partial charge in [-0.3, -0.25) is 9.59 Å². The molecule has 1 amide bonds. The number of carbonyl (C=O) groups is 2. The number of amides is 1. The van der Waals surface area contributed by atoms with E-state index >= 15 is 0 Å². The maximum Gasteiger partial charge on any atom is 0.395 e. The van der Waals surface area contributed by atoms with Crippen molar-refractivity contribution >= 4 is 35.1 Å². The molecule has 0 aliphatic heterocycles. The first-order valence-electron chi connectivity index (χ1n) is 21.4. The molecule has 13 nitrogen and oxygen atoms in total. The Morgan fingerprint density at radius 3 is 1.39 bits per heavy atom. The number of hydrogen-bond acceptors (Lipinski definition) is 11. The average Bonchev–Trinajstić information content (AvgIpc) is 4.17. The molecule has 6 N–H and O–H groups in total. The molecule has 21 heteroatoms. The Bertz CT molecular complexity index is 2260. The van der Waals surface area contributed by atoms with Crippen molar-refractivity contribution < 1.29 is 51.3 Å². The highest BCUT2D eigenvalue weighted by molar-refractivity contribution is 6.30. The van der Waals surface area contributed by atoms with Gasteiger partial charge in [0.25, 0.3) is 0 Å². The van der Waals surface area contributed by atoms with Crippen molar-refractivity contribution in [1.82, 2.24) is 35.1 Å². The van der Waals surface area contributed by atoms with Crippen molar-refractivity contribution in [1.29, 1.82) is 0 Å². The second-order valence-corrected chi connectivity index (χ2v) is 18.5. The maximum absolute atomic E-state index is 13.9. The van der Waals surface area contributed by atoms with Crippen LogP contribution >= 0.6 is 23.2 Å². The van der Waals surface area contributed by atoms with Gasteiger partial charge in [-0.1, -0.05) is 35.3 Å². The molecule has 67 heavy (non-hydrogen) atoms. The molecule has 2 unspecified atom stereocenters. The highest BCUT2D eigenvalue weighted by atomic mass is 35.5. The first kappa shape index (κ1) is 54.8. The second kappa shape index (κ2) is 23.0. The lowest BCUT2D eigenvalue weighted by Gasteiger charge is -2.29. The number of nitrogens with zero attached hydrogens (tertiary/aromatic N) is 6. The summed E-state index contributed by atoms with van der Waals surface area (Å²) in [7, 11) is 7.82. The summed E-state index contributed by atoms with van der Waals surface area (Å²) in [5.41, 5.74) is 6.02. The van der Waals surface area contributed by atoms with Crippen LogP contribution in [0.3, 0.4) is 0 Å². The molecular formula is C46H58Cl2F6N8O5. The van der Waals surface area contributed by atoms with E-state index in [4.69, 9.17) is 34.0 Å². The third kappa shape index (κ3) is 14.8. The molecule has 2 aromatic carbocycles. The number of carbonyl (C=O) groups excluding carboxylic acids is 1. The largest absolute Gasteiger partial charge is 0.508 e. The van der Waals surface area contributed by atoms with E-state index in [1.54, 1.807) is 24.3 Å². The van der Waals surface area contributed by atoms with E-state index in [0.29, 0.717) is 24.8 Å². The zero-order valence-electron chi connectivity index (χ0n) is 38.1. The molecule has 0 spiro atoms. The molecule has 2 saturated carbocycles. The summed E-state index contributed by atoms with van der Waals surface area (Å²) in [5, 5.41) is 30.9. The summed E-state index contributed by atoms with van der Waals surface area (Å²) in [6.45, 7) is 4.81. The number of nitrogens with two attached hydrogens (primary N) is 1. The molecule has 2 fully saturated rings.